The van der Waals surface area contributed by atoms with E-state index < -0.39 is 0 Å². The summed E-state index contributed by atoms with van der Waals surface area (Å²) in [6, 6.07) is 11.2. The maximum absolute atomic E-state index is 12.2. The van der Waals surface area contributed by atoms with Crippen LogP contribution in [0.1, 0.15) is 39.3 Å². The van der Waals surface area contributed by atoms with E-state index in [0.29, 0.717) is 29.1 Å². The van der Waals surface area contributed by atoms with Crippen molar-refractivity contribution in [3.63, 3.8) is 0 Å². The van der Waals surface area contributed by atoms with Crippen LogP contribution in [-0.2, 0) is 6.61 Å². The number of nitrogens with one attached hydrogen (secondary N) is 1. The number of carbonyl (C=O) groups is 1. The van der Waals surface area contributed by atoms with Crippen molar-refractivity contribution in [2.75, 3.05) is 6.54 Å². The van der Waals surface area contributed by atoms with Crippen LogP contribution in [0.25, 0.3) is 11.3 Å². The van der Waals surface area contributed by atoms with Gasteiger partial charge in [-0.05, 0) is 18.8 Å². The van der Waals surface area contributed by atoms with Gasteiger partial charge in [0.25, 0.3) is 5.91 Å². The second kappa shape index (κ2) is 7.35. The summed E-state index contributed by atoms with van der Waals surface area (Å²) in [5, 5.41) is 25.5. The van der Waals surface area contributed by atoms with Gasteiger partial charge < -0.3 is 14.9 Å². The van der Waals surface area contributed by atoms with Crippen molar-refractivity contribution in [2.45, 2.75) is 25.4 Å². The third-order valence-electron chi connectivity index (χ3n) is 4.56. The summed E-state index contributed by atoms with van der Waals surface area (Å²) in [7, 11) is 0. The topological polar surface area (TPSA) is 101 Å². The Morgan fingerprint density at radius 2 is 2.08 bits per heavy atom. The van der Waals surface area contributed by atoms with Gasteiger partial charge in [0, 0.05) is 24.1 Å². The van der Waals surface area contributed by atoms with Crippen molar-refractivity contribution < 1.29 is 14.4 Å². The Morgan fingerprint density at radius 3 is 2.81 bits per heavy atom. The molecule has 26 heavy (non-hydrogen) atoms. The number of aliphatic hydroxyl groups excluding tert-OH is 1. The Labute approximate surface area is 154 Å². The number of amides is 1. The zero-order chi connectivity index (χ0) is 17.9. The molecule has 0 saturated heterocycles. The molecule has 0 bridgehead atoms. The summed E-state index contributed by atoms with van der Waals surface area (Å²) in [5.41, 5.74) is 1.18. The minimum absolute atomic E-state index is 0.0630. The molecule has 0 radical (unpaired) electrons. The highest BCUT2D eigenvalue weighted by Crippen LogP contribution is 2.42. The monoisotopic (exact) mass is 370 g/mol. The van der Waals surface area contributed by atoms with E-state index in [1.807, 2.05) is 30.3 Å². The zero-order valence-corrected chi connectivity index (χ0v) is 14.8. The molecule has 8 heteroatoms. The first-order valence-electron chi connectivity index (χ1n) is 8.46. The van der Waals surface area contributed by atoms with Crippen molar-refractivity contribution in [1.82, 2.24) is 20.7 Å². The molecule has 1 fully saturated rings. The van der Waals surface area contributed by atoms with Gasteiger partial charge in [0.15, 0.2) is 11.5 Å². The number of benzene rings is 1. The van der Waals surface area contributed by atoms with Crippen LogP contribution in [0.3, 0.4) is 0 Å². The van der Waals surface area contributed by atoms with Crippen LogP contribution in [0, 0.1) is 5.92 Å². The van der Waals surface area contributed by atoms with Crippen molar-refractivity contribution in [3.05, 3.63) is 52.1 Å². The molecule has 3 aromatic rings. The first kappa shape index (κ1) is 16.9. The summed E-state index contributed by atoms with van der Waals surface area (Å²) in [5.74, 6) is 1.16. The fraction of sp³-hybridized carbons (Fsp3) is 0.333. The quantitative estimate of drug-likeness (QED) is 0.692. The number of nitrogens with zero attached hydrogens (tertiary/aromatic N) is 3. The van der Waals surface area contributed by atoms with E-state index in [4.69, 9.17) is 9.63 Å². The predicted octanol–water partition coefficient (Wildman–Crippen LogP) is 2.61. The minimum Gasteiger partial charge on any atom is -0.389 e. The van der Waals surface area contributed by atoms with Crippen LogP contribution >= 0.6 is 11.3 Å². The molecular formula is C18H18N4O3S. The number of hydrogen-bond acceptors (Lipinski definition) is 7. The van der Waals surface area contributed by atoms with Crippen molar-refractivity contribution in [3.8, 4) is 11.3 Å². The van der Waals surface area contributed by atoms with E-state index in [0.717, 1.165) is 23.4 Å². The summed E-state index contributed by atoms with van der Waals surface area (Å²) < 4.78 is 5.26. The van der Waals surface area contributed by atoms with Gasteiger partial charge in [-0.15, -0.1) is 10.2 Å². The van der Waals surface area contributed by atoms with Crippen LogP contribution in [-0.4, -0.2) is 32.9 Å². The molecule has 1 aliphatic rings. The maximum atomic E-state index is 12.2. The standard InChI is InChI=1S/C18H18N4O3S/c23-10-16-20-21-18(26-16)13-6-11(7-13)9-19-17(24)14-8-15(25-22-14)12-4-2-1-3-5-12/h1-5,8,11,13,23H,6-7,9-10H2,(H,19,24). The van der Waals surface area contributed by atoms with Gasteiger partial charge in [-0.2, -0.15) is 0 Å². The second-order valence-electron chi connectivity index (χ2n) is 6.38. The largest absolute Gasteiger partial charge is 0.389 e. The molecule has 2 heterocycles. The van der Waals surface area contributed by atoms with E-state index in [1.165, 1.54) is 11.3 Å². The van der Waals surface area contributed by atoms with Gasteiger partial charge in [-0.25, -0.2) is 0 Å². The van der Waals surface area contributed by atoms with Gasteiger partial charge in [0.2, 0.25) is 0 Å². The van der Waals surface area contributed by atoms with Crippen LogP contribution in [0.2, 0.25) is 0 Å². The van der Waals surface area contributed by atoms with Gasteiger partial charge in [-0.1, -0.05) is 46.8 Å². The number of hydrogen-bond donors (Lipinski definition) is 2. The zero-order valence-electron chi connectivity index (χ0n) is 14.0. The molecule has 0 unspecified atom stereocenters. The SMILES string of the molecule is O=C(NCC1CC(c2nnc(CO)s2)C1)c1cc(-c2ccccc2)on1. The Kier molecular flexibility index (Phi) is 4.77. The first-order chi connectivity index (χ1) is 12.7. The smallest absolute Gasteiger partial charge is 0.273 e. The summed E-state index contributed by atoms with van der Waals surface area (Å²) in [6.07, 6.45) is 1.93. The Hall–Kier alpha value is -2.58. The molecule has 0 aliphatic heterocycles. The molecule has 7 nitrogen and oxygen atoms in total. The van der Waals surface area contributed by atoms with Crippen LogP contribution in [0.4, 0.5) is 0 Å². The van der Waals surface area contributed by atoms with E-state index in [-0.39, 0.29) is 18.2 Å². The highest BCUT2D eigenvalue weighted by molar-refractivity contribution is 7.11. The minimum atomic E-state index is -0.224. The molecule has 0 spiro atoms. The number of carbonyl (C=O) groups excluding carboxylic acids is 1. The van der Waals surface area contributed by atoms with Crippen molar-refractivity contribution in [2.24, 2.45) is 5.92 Å². The Bertz CT molecular complexity index is 887. The summed E-state index contributed by atoms with van der Waals surface area (Å²) in [6.45, 7) is 0.543. The predicted molar refractivity (Wildman–Crippen MR) is 95.6 cm³/mol. The lowest BCUT2D eigenvalue weighted by molar-refractivity contribution is 0.0926. The van der Waals surface area contributed by atoms with E-state index >= 15 is 0 Å². The summed E-state index contributed by atoms with van der Waals surface area (Å²) in [4.78, 5) is 12.2. The second-order valence-corrected chi connectivity index (χ2v) is 7.47. The third kappa shape index (κ3) is 3.51. The molecule has 1 saturated carbocycles. The molecule has 1 aromatic carbocycles. The molecule has 4 rings (SSSR count). The lowest BCUT2D eigenvalue weighted by Crippen LogP contribution is -2.35. The van der Waals surface area contributed by atoms with E-state index in [2.05, 4.69) is 20.7 Å². The van der Waals surface area contributed by atoms with E-state index in [9.17, 15) is 4.79 Å². The van der Waals surface area contributed by atoms with Crippen molar-refractivity contribution in [1.29, 1.82) is 0 Å². The molecule has 2 N–H and O–H groups in total. The highest BCUT2D eigenvalue weighted by Gasteiger charge is 2.33. The molecule has 0 atom stereocenters. The Morgan fingerprint density at radius 1 is 1.27 bits per heavy atom. The number of rotatable bonds is 6. The summed E-state index contributed by atoms with van der Waals surface area (Å²) >= 11 is 1.46. The van der Waals surface area contributed by atoms with Crippen LogP contribution < -0.4 is 5.32 Å². The highest BCUT2D eigenvalue weighted by atomic mass is 32.1. The van der Waals surface area contributed by atoms with Crippen LogP contribution in [0.15, 0.2) is 40.9 Å². The maximum Gasteiger partial charge on any atom is 0.273 e. The fourth-order valence-electron chi connectivity index (χ4n) is 3.05. The molecule has 1 aliphatic carbocycles. The van der Waals surface area contributed by atoms with Gasteiger partial charge in [0.05, 0.1) is 6.61 Å². The Balaban J connectivity index is 1.27. The molecule has 2 aromatic heterocycles. The molecular weight excluding hydrogens is 352 g/mol. The number of aromatic nitrogens is 3. The van der Waals surface area contributed by atoms with Crippen molar-refractivity contribution >= 4 is 17.2 Å². The normalized spacial score (nSPS) is 19.1. The molecule has 1 amide bonds. The van der Waals surface area contributed by atoms with Gasteiger partial charge >= 0.3 is 0 Å². The van der Waals surface area contributed by atoms with E-state index in [1.54, 1.807) is 6.07 Å². The lowest BCUT2D eigenvalue weighted by atomic mass is 9.75. The molecule has 134 valence electrons. The first-order valence-corrected chi connectivity index (χ1v) is 9.28. The third-order valence-corrected chi connectivity index (χ3v) is 5.63. The average molecular weight is 370 g/mol. The van der Waals surface area contributed by atoms with Crippen LogP contribution in [0.5, 0.6) is 0 Å². The fourth-order valence-corrected chi connectivity index (χ4v) is 3.88. The van der Waals surface area contributed by atoms with Gasteiger partial charge in [0.1, 0.15) is 10.0 Å². The van der Waals surface area contributed by atoms with Gasteiger partial charge in [-0.3, -0.25) is 4.79 Å². The lowest BCUT2D eigenvalue weighted by Gasteiger charge is -2.33. The average Bonchev–Trinajstić information content (AvgIpc) is 3.31. The number of aliphatic hydroxyl groups is 1.